The van der Waals surface area contributed by atoms with Crippen molar-refractivity contribution in [3.8, 4) is 11.1 Å². The van der Waals surface area contributed by atoms with Crippen molar-refractivity contribution < 1.29 is 0 Å². The largest absolute Gasteiger partial charge is 0.350 e. The molecule has 6 aromatic carbocycles. The average molecular weight is 553 g/mol. The van der Waals surface area contributed by atoms with E-state index in [9.17, 15) is 0 Å². The maximum absolute atomic E-state index is 5.29. The lowest BCUT2D eigenvalue weighted by atomic mass is 10.0. The van der Waals surface area contributed by atoms with E-state index in [4.69, 9.17) is 4.99 Å². The first-order chi connectivity index (χ1) is 21.3. The van der Waals surface area contributed by atoms with E-state index in [1.165, 1.54) is 54.8 Å². The zero-order valence-corrected chi connectivity index (χ0v) is 23.4. The van der Waals surface area contributed by atoms with E-state index >= 15 is 0 Å². The Hall–Kier alpha value is -5.45. The van der Waals surface area contributed by atoms with Crippen LogP contribution in [0.15, 0.2) is 151 Å². The number of benzene rings is 6. The summed E-state index contributed by atoms with van der Waals surface area (Å²) in [5.74, 6) is 0.883. The molecule has 204 valence electrons. The molecule has 2 atom stereocenters. The fraction of sp³-hybridized carbons (Fsp3) is 0.0513. The molecule has 0 fully saturated rings. The molecule has 0 aliphatic carbocycles. The van der Waals surface area contributed by atoms with E-state index in [1.807, 2.05) is 0 Å². The minimum absolute atomic E-state index is 0.0938. The normalized spacial score (nSPS) is 17.1. The molecule has 1 aliphatic heterocycles. The van der Waals surface area contributed by atoms with Crippen LogP contribution >= 0.6 is 0 Å². The van der Waals surface area contributed by atoms with Crippen molar-refractivity contribution in [1.29, 1.82) is 0 Å². The molecule has 0 radical (unpaired) electrons. The van der Waals surface area contributed by atoms with E-state index in [0.29, 0.717) is 0 Å². The fourth-order valence-corrected chi connectivity index (χ4v) is 6.79. The Morgan fingerprint density at radius 2 is 1.14 bits per heavy atom. The Labute approximate surface area is 249 Å². The van der Waals surface area contributed by atoms with Crippen LogP contribution in [-0.2, 0) is 0 Å². The van der Waals surface area contributed by atoms with Gasteiger partial charge in [0.1, 0.15) is 18.2 Å². The molecular formula is C39H28N4. The Morgan fingerprint density at radius 3 is 1.98 bits per heavy atom. The van der Waals surface area contributed by atoms with Crippen LogP contribution in [0.2, 0.25) is 0 Å². The Morgan fingerprint density at radius 1 is 0.488 bits per heavy atom. The Balaban J connectivity index is 1.21. The molecule has 8 aromatic rings. The van der Waals surface area contributed by atoms with Gasteiger partial charge in [0.25, 0.3) is 0 Å². The van der Waals surface area contributed by atoms with Gasteiger partial charge in [-0.05, 0) is 40.5 Å². The number of para-hydroxylation sites is 2. The quantitative estimate of drug-likeness (QED) is 0.229. The lowest BCUT2D eigenvalue weighted by Crippen LogP contribution is -2.44. The minimum Gasteiger partial charge on any atom is -0.350 e. The number of amidine groups is 1. The summed E-state index contributed by atoms with van der Waals surface area (Å²) in [6, 6.07) is 51.9. The van der Waals surface area contributed by atoms with E-state index in [0.717, 1.165) is 17.0 Å². The van der Waals surface area contributed by atoms with Crippen LogP contribution in [-0.4, -0.2) is 10.2 Å². The highest BCUT2D eigenvalue weighted by Gasteiger charge is 2.26. The minimum atomic E-state index is -0.213. The SMILES string of the molecule is c1ccc(-c2cccc(C3N=C(c4ccc5c6cccc7c8ccccc8n(c5c4)c76)NC(c4ccccc4)N3)c2)cc1. The topological polar surface area (TPSA) is 40.8 Å². The molecule has 43 heavy (non-hydrogen) atoms. The molecule has 0 bridgehead atoms. The van der Waals surface area contributed by atoms with Gasteiger partial charge in [0.15, 0.2) is 0 Å². The van der Waals surface area contributed by atoms with Gasteiger partial charge < -0.3 is 9.72 Å². The molecule has 0 amide bonds. The predicted octanol–water partition coefficient (Wildman–Crippen LogP) is 8.84. The highest BCUT2D eigenvalue weighted by molar-refractivity contribution is 6.23. The number of hydrogen-bond donors (Lipinski definition) is 2. The third-order valence-electron chi connectivity index (χ3n) is 8.80. The smallest absolute Gasteiger partial charge is 0.131 e. The molecule has 2 unspecified atom stereocenters. The van der Waals surface area contributed by atoms with Crippen LogP contribution in [0.1, 0.15) is 29.0 Å². The summed E-state index contributed by atoms with van der Waals surface area (Å²) in [6.07, 6.45) is -0.307. The molecule has 9 rings (SSSR count). The third kappa shape index (κ3) is 3.84. The summed E-state index contributed by atoms with van der Waals surface area (Å²) in [4.78, 5) is 5.29. The highest BCUT2D eigenvalue weighted by atomic mass is 15.3. The predicted molar refractivity (Wildman–Crippen MR) is 178 cm³/mol. The molecule has 0 saturated carbocycles. The van der Waals surface area contributed by atoms with Crippen molar-refractivity contribution in [1.82, 2.24) is 15.0 Å². The summed E-state index contributed by atoms with van der Waals surface area (Å²) in [5, 5.41) is 12.6. The van der Waals surface area contributed by atoms with Crippen LogP contribution in [0.4, 0.5) is 0 Å². The molecule has 1 aliphatic rings. The van der Waals surface area contributed by atoms with Gasteiger partial charge in [0.2, 0.25) is 0 Å². The first kappa shape index (κ1) is 24.2. The molecule has 0 saturated heterocycles. The van der Waals surface area contributed by atoms with E-state index in [2.05, 4.69) is 161 Å². The zero-order chi connectivity index (χ0) is 28.3. The van der Waals surface area contributed by atoms with Crippen LogP contribution in [0, 0.1) is 0 Å². The number of aliphatic imine (C=N–C) groups is 1. The van der Waals surface area contributed by atoms with E-state index in [-0.39, 0.29) is 12.3 Å². The lowest BCUT2D eigenvalue weighted by Gasteiger charge is -2.32. The maximum atomic E-state index is 5.29. The van der Waals surface area contributed by atoms with Gasteiger partial charge in [-0.15, -0.1) is 0 Å². The van der Waals surface area contributed by atoms with E-state index in [1.54, 1.807) is 0 Å². The molecule has 4 nitrogen and oxygen atoms in total. The zero-order valence-electron chi connectivity index (χ0n) is 23.4. The summed E-state index contributed by atoms with van der Waals surface area (Å²) in [6.45, 7) is 0. The third-order valence-corrected chi connectivity index (χ3v) is 8.80. The first-order valence-electron chi connectivity index (χ1n) is 14.8. The number of hydrogen-bond acceptors (Lipinski definition) is 3. The molecule has 2 aromatic heterocycles. The summed E-state index contributed by atoms with van der Waals surface area (Å²) in [7, 11) is 0. The molecule has 0 spiro atoms. The standard InChI is InChI=1S/C39H28N4/c1-3-11-25(12-4-1)27-15-9-16-28(23-27)38-40-37(26-13-5-2-6-14-26)41-39(42-38)29-21-22-31-33-19-10-18-32-30-17-7-8-20-34(30)43(36(32)33)35(31)24-29/h1-24,37-38,40H,(H,41,42). The Bertz CT molecular complexity index is 2300. The summed E-state index contributed by atoms with van der Waals surface area (Å²) < 4.78 is 2.43. The second-order valence-corrected chi connectivity index (χ2v) is 11.3. The number of nitrogens with one attached hydrogen (secondary N) is 2. The fourth-order valence-electron chi connectivity index (χ4n) is 6.79. The van der Waals surface area contributed by atoms with Gasteiger partial charge in [-0.3, -0.25) is 5.32 Å². The first-order valence-corrected chi connectivity index (χ1v) is 14.8. The number of fused-ring (bicyclic) bond motifs is 6. The van der Waals surface area contributed by atoms with Crippen molar-refractivity contribution in [2.75, 3.05) is 0 Å². The molecule has 2 N–H and O–H groups in total. The second-order valence-electron chi connectivity index (χ2n) is 11.3. The van der Waals surface area contributed by atoms with Crippen LogP contribution < -0.4 is 10.6 Å². The second kappa shape index (κ2) is 9.55. The van der Waals surface area contributed by atoms with Crippen LogP contribution in [0.3, 0.4) is 0 Å². The Kier molecular flexibility index (Phi) is 5.37. The highest BCUT2D eigenvalue weighted by Crippen LogP contribution is 2.39. The van der Waals surface area contributed by atoms with Crippen molar-refractivity contribution in [3.05, 3.63) is 162 Å². The van der Waals surface area contributed by atoms with Crippen molar-refractivity contribution in [2.24, 2.45) is 4.99 Å². The van der Waals surface area contributed by atoms with Gasteiger partial charge in [0, 0.05) is 27.1 Å². The monoisotopic (exact) mass is 552 g/mol. The molecule has 4 heteroatoms. The van der Waals surface area contributed by atoms with Gasteiger partial charge >= 0.3 is 0 Å². The van der Waals surface area contributed by atoms with Crippen LogP contribution in [0.5, 0.6) is 0 Å². The lowest BCUT2D eigenvalue weighted by molar-refractivity contribution is 0.409. The van der Waals surface area contributed by atoms with Gasteiger partial charge in [0.05, 0.1) is 16.6 Å². The van der Waals surface area contributed by atoms with Gasteiger partial charge in [-0.2, -0.15) is 0 Å². The van der Waals surface area contributed by atoms with Crippen molar-refractivity contribution in [2.45, 2.75) is 12.3 Å². The molecule has 3 heterocycles. The average Bonchev–Trinajstić information content (AvgIpc) is 3.61. The summed E-state index contributed by atoms with van der Waals surface area (Å²) in [5.41, 5.74) is 9.48. The van der Waals surface area contributed by atoms with Crippen molar-refractivity contribution in [3.63, 3.8) is 0 Å². The number of rotatable bonds is 4. The maximum Gasteiger partial charge on any atom is 0.131 e. The van der Waals surface area contributed by atoms with Gasteiger partial charge in [-0.25, -0.2) is 4.99 Å². The molecular weight excluding hydrogens is 524 g/mol. The number of aromatic nitrogens is 1. The van der Waals surface area contributed by atoms with Crippen LogP contribution in [0.25, 0.3) is 49.2 Å². The number of nitrogens with zero attached hydrogens (tertiary/aromatic N) is 2. The van der Waals surface area contributed by atoms with E-state index < -0.39 is 0 Å². The van der Waals surface area contributed by atoms with Gasteiger partial charge in [-0.1, -0.05) is 127 Å². The van der Waals surface area contributed by atoms with Crippen molar-refractivity contribution >= 4 is 43.9 Å². The summed E-state index contributed by atoms with van der Waals surface area (Å²) >= 11 is 0.